The van der Waals surface area contributed by atoms with E-state index in [0.29, 0.717) is 117 Å². The maximum atomic E-state index is 12.5. The molecule has 6 aliphatic rings. The van der Waals surface area contributed by atoms with Gasteiger partial charge in [0.05, 0.1) is 39.6 Å². The van der Waals surface area contributed by atoms with Crippen LogP contribution >= 0.6 is 0 Å². The van der Waals surface area contributed by atoms with Gasteiger partial charge in [0.2, 0.25) is 0 Å². The molecule has 18 heteroatoms. The van der Waals surface area contributed by atoms with E-state index in [4.69, 9.17) is 28.4 Å². The first-order valence-electron chi connectivity index (χ1n) is 18.4. The van der Waals surface area contributed by atoms with E-state index in [-0.39, 0.29) is 0 Å². The molecule has 3 saturated heterocycles. The Morgan fingerprint density at radius 2 is 0.596 bits per heavy atom. The number of aliphatic hydroxyl groups is 3. The van der Waals surface area contributed by atoms with E-state index in [1.807, 2.05) is 27.7 Å². The molecule has 9 nitrogen and oxygen atoms in total. The van der Waals surface area contributed by atoms with E-state index in [1.54, 1.807) is 0 Å². The van der Waals surface area contributed by atoms with Crippen molar-refractivity contribution in [3.8, 4) is 0 Å². The molecule has 3 N–H and O–H groups in total. The smallest absolute Gasteiger partial charge is 0.383 e. The fraction of sp³-hybridized carbons (Fsp3) is 1.00. The van der Waals surface area contributed by atoms with Crippen LogP contribution in [0.1, 0.15) is 105 Å². The monoisotopic (exact) mass is 780 g/mol. The molecule has 0 amide bonds. The molecule has 3 heterocycles. The van der Waals surface area contributed by atoms with Crippen molar-refractivity contribution >= 4 is 0 Å². The molecule has 3 aliphatic carbocycles. The van der Waals surface area contributed by atoms with Crippen LogP contribution in [0.25, 0.3) is 0 Å². The second-order valence-electron chi connectivity index (χ2n) is 13.0. The Labute approximate surface area is 299 Å². The Bertz CT molecular complexity index is 871. The molecule has 0 aromatic rings. The molecule has 310 valence electrons. The van der Waals surface area contributed by atoms with Gasteiger partial charge in [-0.25, -0.2) is 0 Å². The van der Waals surface area contributed by atoms with Crippen LogP contribution in [0, 0.1) is 17.8 Å². The van der Waals surface area contributed by atoms with E-state index in [1.165, 1.54) is 0 Å². The van der Waals surface area contributed by atoms with Gasteiger partial charge in [-0.3, -0.25) is 0 Å². The summed E-state index contributed by atoms with van der Waals surface area (Å²) in [5.74, 6) is -6.58. The van der Waals surface area contributed by atoms with E-state index < -0.39 is 72.0 Å². The van der Waals surface area contributed by atoms with Crippen LogP contribution < -0.4 is 0 Å². The molecular formula is C34H57F9O9. The Morgan fingerprint density at radius 3 is 0.769 bits per heavy atom. The average molecular weight is 781 g/mol. The molecule has 6 unspecified atom stereocenters. The van der Waals surface area contributed by atoms with Crippen molar-refractivity contribution in [1.82, 2.24) is 0 Å². The molecule has 52 heavy (non-hydrogen) atoms. The van der Waals surface area contributed by atoms with Crippen LogP contribution in [0.5, 0.6) is 0 Å². The van der Waals surface area contributed by atoms with Crippen LogP contribution in [0.2, 0.25) is 0 Å². The van der Waals surface area contributed by atoms with E-state index in [2.05, 4.69) is 0 Å². The topological polar surface area (TPSA) is 116 Å². The molecule has 6 rings (SSSR count). The highest BCUT2D eigenvalue weighted by molar-refractivity contribution is 4.96. The van der Waals surface area contributed by atoms with Crippen molar-refractivity contribution in [3.05, 3.63) is 0 Å². The summed E-state index contributed by atoms with van der Waals surface area (Å²) in [7, 11) is 0. The maximum absolute atomic E-state index is 12.5. The number of hydrogen-bond donors (Lipinski definition) is 3. The molecule has 3 aliphatic heterocycles. The van der Waals surface area contributed by atoms with Gasteiger partial charge in [0.1, 0.15) is 0 Å². The van der Waals surface area contributed by atoms with E-state index in [9.17, 15) is 54.8 Å². The third-order valence-electron chi connectivity index (χ3n) is 9.91. The quantitative estimate of drug-likeness (QED) is 0.250. The number of halogens is 9. The SMILES string of the molecule is CC.CC.OC(C1CCCC12OCCCO2)C(F)(F)F.OC(C1CCCC12OCCCO2)C(F)(F)F.OC(C1CCCC12OCCCO2)C(F)(F)F. The summed E-state index contributed by atoms with van der Waals surface area (Å²) in [5.41, 5.74) is 0. The fourth-order valence-corrected chi connectivity index (χ4v) is 7.65. The molecule has 3 saturated carbocycles. The summed E-state index contributed by atoms with van der Waals surface area (Å²) in [6, 6.07) is 0. The summed E-state index contributed by atoms with van der Waals surface area (Å²) in [6.45, 7) is 10.4. The van der Waals surface area contributed by atoms with Gasteiger partial charge in [0.15, 0.2) is 35.7 Å². The third kappa shape index (κ3) is 11.8. The van der Waals surface area contributed by atoms with Gasteiger partial charge in [-0.15, -0.1) is 0 Å². The molecule has 0 bridgehead atoms. The summed E-state index contributed by atoms with van der Waals surface area (Å²) in [6.07, 6.45) is -14.8. The van der Waals surface area contributed by atoms with Crippen molar-refractivity contribution in [1.29, 1.82) is 0 Å². The summed E-state index contributed by atoms with van der Waals surface area (Å²) in [5, 5.41) is 28.0. The van der Waals surface area contributed by atoms with E-state index >= 15 is 0 Å². The van der Waals surface area contributed by atoms with E-state index in [0.717, 1.165) is 0 Å². The predicted octanol–water partition coefficient (Wildman–Crippen LogP) is 7.58. The Balaban J connectivity index is 0.000000257. The van der Waals surface area contributed by atoms with Gasteiger partial charge >= 0.3 is 18.5 Å². The van der Waals surface area contributed by atoms with Gasteiger partial charge in [0.25, 0.3) is 0 Å². The second kappa shape index (κ2) is 20.3. The van der Waals surface area contributed by atoms with Crippen molar-refractivity contribution in [2.24, 2.45) is 17.8 Å². The van der Waals surface area contributed by atoms with Gasteiger partial charge < -0.3 is 43.7 Å². The minimum Gasteiger partial charge on any atom is -0.383 e. The zero-order valence-corrected chi connectivity index (χ0v) is 30.4. The fourth-order valence-electron chi connectivity index (χ4n) is 7.65. The number of ether oxygens (including phenoxy) is 6. The van der Waals surface area contributed by atoms with Crippen molar-refractivity contribution < 1.29 is 83.3 Å². The molecule has 0 aromatic heterocycles. The Kier molecular flexibility index (Phi) is 18.4. The standard InChI is InChI=1S/3C10H15F3O3.2C2H6/c3*11-10(12,13)8(14)7-3-1-4-9(7)15-5-2-6-16-9;2*1-2/h3*7-8,14H,1-6H2;2*1-2H3. The van der Waals surface area contributed by atoms with Crippen LogP contribution in [0.4, 0.5) is 39.5 Å². The highest BCUT2D eigenvalue weighted by atomic mass is 19.4. The maximum Gasteiger partial charge on any atom is 0.414 e. The minimum absolute atomic E-state index is 0.292. The number of rotatable bonds is 3. The van der Waals surface area contributed by atoms with Crippen molar-refractivity contribution in [2.45, 2.75) is 159 Å². The van der Waals surface area contributed by atoms with Crippen LogP contribution in [0.15, 0.2) is 0 Å². The third-order valence-corrected chi connectivity index (χ3v) is 9.91. The van der Waals surface area contributed by atoms with Crippen LogP contribution in [0.3, 0.4) is 0 Å². The first kappa shape index (κ1) is 47.2. The summed E-state index contributed by atoms with van der Waals surface area (Å²) < 4.78 is 145. The zero-order valence-electron chi connectivity index (χ0n) is 30.4. The average Bonchev–Trinajstić information content (AvgIpc) is 3.83. The molecule has 3 spiro atoms. The normalized spacial score (nSPS) is 29.7. The molecule has 6 fully saturated rings. The lowest BCUT2D eigenvalue weighted by Crippen LogP contribution is -2.51. The lowest BCUT2D eigenvalue weighted by atomic mass is 9.94. The van der Waals surface area contributed by atoms with Gasteiger partial charge in [-0.1, -0.05) is 27.7 Å². The Morgan fingerprint density at radius 1 is 0.404 bits per heavy atom. The largest absolute Gasteiger partial charge is 0.414 e. The van der Waals surface area contributed by atoms with Gasteiger partial charge in [-0.2, -0.15) is 39.5 Å². The lowest BCUT2D eigenvalue weighted by molar-refractivity contribution is -0.320. The Hall–Kier alpha value is -0.990. The number of hydrogen-bond acceptors (Lipinski definition) is 9. The zero-order chi connectivity index (χ0) is 39.4. The van der Waals surface area contributed by atoms with Gasteiger partial charge in [-0.05, 0) is 57.8 Å². The van der Waals surface area contributed by atoms with Gasteiger partial charge in [0, 0.05) is 37.0 Å². The molecule has 6 atom stereocenters. The second-order valence-corrected chi connectivity index (χ2v) is 13.0. The van der Waals surface area contributed by atoms with Crippen molar-refractivity contribution in [2.75, 3.05) is 39.6 Å². The minimum atomic E-state index is -4.60. The first-order chi connectivity index (χ1) is 24.4. The number of aliphatic hydroxyl groups excluding tert-OH is 3. The molecule has 0 aromatic carbocycles. The summed E-state index contributed by atoms with van der Waals surface area (Å²) >= 11 is 0. The summed E-state index contributed by atoms with van der Waals surface area (Å²) in [4.78, 5) is 0. The van der Waals surface area contributed by atoms with Crippen molar-refractivity contribution in [3.63, 3.8) is 0 Å². The van der Waals surface area contributed by atoms with Crippen LogP contribution in [-0.2, 0) is 28.4 Å². The lowest BCUT2D eigenvalue weighted by Gasteiger charge is -2.40. The highest BCUT2D eigenvalue weighted by Gasteiger charge is 2.59. The molecule has 0 radical (unpaired) electrons. The van der Waals surface area contributed by atoms with Crippen LogP contribution in [-0.4, -0.2) is 109 Å². The highest BCUT2D eigenvalue weighted by Crippen LogP contribution is 2.49. The number of alkyl halides is 9. The predicted molar refractivity (Wildman–Crippen MR) is 169 cm³/mol. The first-order valence-corrected chi connectivity index (χ1v) is 18.4. The molecular weight excluding hydrogens is 723 g/mol.